The van der Waals surface area contributed by atoms with Crippen molar-refractivity contribution in [3.8, 4) is 22.5 Å². The molecule has 0 aliphatic carbocycles. The van der Waals surface area contributed by atoms with Crippen LogP contribution >= 0.6 is 0 Å². The lowest BCUT2D eigenvalue weighted by molar-refractivity contribution is 1.28. The van der Waals surface area contributed by atoms with Crippen molar-refractivity contribution in [1.82, 2.24) is 9.97 Å². The summed E-state index contributed by atoms with van der Waals surface area (Å²) in [6.07, 6.45) is 1.81. The summed E-state index contributed by atoms with van der Waals surface area (Å²) < 4.78 is 0. The van der Waals surface area contributed by atoms with Crippen molar-refractivity contribution < 1.29 is 0 Å². The first-order chi connectivity index (χ1) is 12.9. The Hall–Kier alpha value is -3.52. The predicted octanol–water partition coefficient (Wildman–Crippen LogP) is 6.12. The molecule has 0 aliphatic rings. The first-order valence-electron chi connectivity index (χ1n) is 8.69. The zero-order valence-corrected chi connectivity index (χ0v) is 14.1. The lowest BCUT2D eigenvalue weighted by atomic mass is 9.95. The average molecular weight is 332 g/mol. The van der Waals surface area contributed by atoms with Crippen LogP contribution in [0.25, 0.3) is 44.2 Å². The van der Waals surface area contributed by atoms with E-state index in [4.69, 9.17) is 4.98 Å². The lowest BCUT2D eigenvalue weighted by Crippen LogP contribution is -1.92. The van der Waals surface area contributed by atoms with Crippen molar-refractivity contribution in [3.63, 3.8) is 0 Å². The van der Waals surface area contributed by atoms with Gasteiger partial charge in [-0.25, -0.2) is 4.98 Å². The van der Waals surface area contributed by atoms with Gasteiger partial charge in [0.15, 0.2) is 0 Å². The first-order valence-corrected chi connectivity index (χ1v) is 8.69. The molecule has 0 radical (unpaired) electrons. The van der Waals surface area contributed by atoms with Gasteiger partial charge in [0.05, 0.1) is 16.9 Å². The fourth-order valence-electron chi connectivity index (χ4n) is 3.50. The molecule has 0 amide bonds. The van der Waals surface area contributed by atoms with Crippen molar-refractivity contribution in [2.24, 2.45) is 0 Å². The summed E-state index contributed by atoms with van der Waals surface area (Å²) in [5, 5.41) is 3.64. The molecule has 5 rings (SSSR count). The van der Waals surface area contributed by atoms with Gasteiger partial charge in [0.1, 0.15) is 0 Å². The Kier molecular flexibility index (Phi) is 3.46. The molecule has 2 heteroatoms. The minimum atomic E-state index is 0.889. The van der Waals surface area contributed by atoms with Gasteiger partial charge in [-0.15, -0.1) is 0 Å². The summed E-state index contributed by atoms with van der Waals surface area (Å²) in [4.78, 5) is 9.41. The van der Waals surface area contributed by atoms with Crippen LogP contribution in [0.2, 0.25) is 0 Å². The molecule has 2 nitrogen and oxygen atoms in total. The zero-order chi connectivity index (χ0) is 17.3. The van der Waals surface area contributed by atoms with E-state index < -0.39 is 0 Å². The van der Waals surface area contributed by atoms with Gasteiger partial charge in [0.25, 0.3) is 0 Å². The van der Waals surface area contributed by atoms with Crippen LogP contribution < -0.4 is 0 Å². The van der Waals surface area contributed by atoms with Crippen LogP contribution in [0.3, 0.4) is 0 Å². The maximum atomic E-state index is 4.92. The molecule has 0 unspecified atom stereocenters. The van der Waals surface area contributed by atoms with Gasteiger partial charge in [-0.3, -0.25) is 4.98 Å². The highest BCUT2D eigenvalue weighted by molar-refractivity contribution is 6.13. The monoisotopic (exact) mass is 332 g/mol. The number of pyridine rings is 2. The smallest absolute Gasteiger partial charge is 0.0900 e. The molecule has 0 spiro atoms. The van der Waals surface area contributed by atoms with Crippen LogP contribution in [0.4, 0.5) is 0 Å². The summed E-state index contributed by atoms with van der Waals surface area (Å²) in [6.45, 7) is 0. The molecule has 0 bridgehead atoms. The number of hydrogen-bond acceptors (Lipinski definition) is 2. The Bertz CT molecular complexity index is 1210. The van der Waals surface area contributed by atoms with Crippen LogP contribution in [-0.2, 0) is 0 Å². The van der Waals surface area contributed by atoms with Crippen LogP contribution in [-0.4, -0.2) is 9.97 Å². The number of fused-ring (bicyclic) bond motifs is 3. The second kappa shape index (κ2) is 6.08. The summed E-state index contributed by atoms with van der Waals surface area (Å²) in [6, 6.07) is 31.3. The number of aromatic nitrogens is 2. The van der Waals surface area contributed by atoms with Crippen molar-refractivity contribution in [3.05, 3.63) is 97.2 Å². The van der Waals surface area contributed by atoms with Crippen molar-refractivity contribution >= 4 is 21.7 Å². The predicted molar refractivity (Wildman–Crippen MR) is 108 cm³/mol. The van der Waals surface area contributed by atoms with E-state index in [-0.39, 0.29) is 0 Å². The molecule has 0 aliphatic heterocycles. The van der Waals surface area contributed by atoms with Gasteiger partial charge in [-0.2, -0.15) is 0 Å². The van der Waals surface area contributed by atoms with Gasteiger partial charge < -0.3 is 0 Å². The molecule has 0 saturated heterocycles. The van der Waals surface area contributed by atoms with Gasteiger partial charge in [0.2, 0.25) is 0 Å². The number of nitrogens with zero attached hydrogens (tertiary/aromatic N) is 2. The standard InChI is InChI=1S/C24H16N2/c1-2-8-17(9-3-1)20-16-23(21-12-6-7-15-25-21)26-22-14-13-18-10-4-5-11-19(18)24(20)22/h1-16H. The summed E-state index contributed by atoms with van der Waals surface area (Å²) >= 11 is 0. The largest absolute Gasteiger partial charge is 0.255 e. The molecule has 0 fully saturated rings. The minimum Gasteiger partial charge on any atom is -0.255 e. The third-order valence-electron chi connectivity index (χ3n) is 4.71. The van der Waals surface area contributed by atoms with Crippen LogP contribution in [0.1, 0.15) is 0 Å². The van der Waals surface area contributed by atoms with E-state index in [0.29, 0.717) is 0 Å². The Morgan fingerprint density at radius 2 is 1.42 bits per heavy atom. The molecule has 2 aromatic heterocycles. The summed E-state index contributed by atoms with van der Waals surface area (Å²) in [5.74, 6) is 0. The van der Waals surface area contributed by atoms with Crippen LogP contribution in [0.15, 0.2) is 97.2 Å². The SMILES string of the molecule is c1ccc(-c2cc(-c3ccccn3)nc3ccc4ccccc4c23)cc1. The highest BCUT2D eigenvalue weighted by atomic mass is 14.8. The topological polar surface area (TPSA) is 25.8 Å². The summed E-state index contributed by atoms with van der Waals surface area (Å²) in [7, 11) is 0. The molecule has 5 aromatic rings. The second-order valence-corrected chi connectivity index (χ2v) is 6.32. The van der Waals surface area contributed by atoms with E-state index in [1.165, 1.54) is 27.3 Å². The normalized spacial score (nSPS) is 11.1. The molecule has 0 N–H and O–H groups in total. The minimum absolute atomic E-state index is 0.889. The Labute approximate surface area is 151 Å². The molecule has 0 atom stereocenters. The maximum Gasteiger partial charge on any atom is 0.0900 e. The lowest BCUT2D eigenvalue weighted by Gasteiger charge is -2.12. The molecule has 122 valence electrons. The fourth-order valence-corrected chi connectivity index (χ4v) is 3.50. The molecule has 0 saturated carbocycles. The zero-order valence-electron chi connectivity index (χ0n) is 14.1. The highest BCUT2D eigenvalue weighted by Gasteiger charge is 2.12. The van der Waals surface area contributed by atoms with Crippen LogP contribution in [0, 0.1) is 0 Å². The van der Waals surface area contributed by atoms with E-state index in [0.717, 1.165) is 16.9 Å². The third kappa shape index (κ3) is 2.44. The van der Waals surface area contributed by atoms with Crippen molar-refractivity contribution in [1.29, 1.82) is 0 Å². The van der Waals surface area contributed by atoms with E-state index in [9.17, 15) is 0 Å². The van der Waals surface area contributed by atoms with E-state index in [2.05, 4.69) is 71.7 Å². The van der Waals surface area contributed by atoms with Gasteiger partial charge in [-0.1, -0.05) is 66.7 Å². The van der Waals surface area contributed by atoms with Gasteiger partial charge in [0, 0.05) is 11.6 Å². The van der Waals surface area contributed by atoms with Crippen molar-refractivity contribution in [2.75, 3.05) is 0 Å². The maximum absolute atomic E-state index is 4.92. The van der Waals surface area contributed by atoms with E-state index in [1.807, 2.05) is 30.5 Å². The highest BCUT2D eigenvalue weighted by Crippen LogP contribution is 2.35. The van der Waals surface area contributed by atoms with Crippen LogP contribution in [0.5, 0.6) is 0 Å². The van der Waals surface area contributed by atoms with E-state index >= 15 is 0 Å². The Morgan fingerprint density at radius 1 is 0.615 bits per heavy atom. The van der Waals surface area contributed by atoms with Crippen molar-refractivity contribution in [2.45, 2.75) is 0 Å². The third-order valence-corrected chi connectivity index (χ3v) is 4.71. The van der Waals surface area contributed by atoms with Gasteiger partial charge in [-0.05, 0) is 46.2 Å². The molecule has 2 heterocycles. The fraction of sp³-hybridized carbons (Fsp3) is 0. The number of hydrogen-bond donors (Lipinski definition) is 0. The average Bonchev–Trinajstić information content (AvgIpc) is 2.74. The second-order valence-electron chi connectivity index (χ2n) is 6.32. The number of benzene rings is 3. The number of rotatable bonds is 2. The molecule has 26 heavy (non-hydrogen) atoms. The Morgan fingerprint density at radius 3 is 2.27 bits per heavy atom. The first kappa shape index (κ1) is 14.8. The molecule has 3 aromatic carbocycles. The summed E-state index contributed by atoms with van der Waals surface area (Å²) in [5.41, 5.74) is 5.15. The molecular formula is C24H16N2. The Balaban J connectivity index is 1.92. The van der Waals surface area contributed by atoms with E-state index in [1.54, 1.807) is 0 Å². The van der Waals surface area contributed by atoms with Gasteiger partial charge >= 0.3 is 0 Å². The molecular weight excluding hydrogens is 316 g/mol. The quantitative estimate of drug-likeness (QED) is 0.364.